The molecular formula is C9H15NO3. The van der Waals surface area contributed by atoms with E-state index in [0.29, 0.717) is 13.0 Å². The van der Waals surface area contributed by atoms with Gasteiger partial charge < -0.3 is 5.11 Å². The number of hydrogen-bond acceptors (Lipinski definition) is 2. The second-order valence-corrected chi connectivity index (χ2v) is 4.48. The molecule has 1 heterocycles. The molecule has 0 aromatic heterocycles. The van der Waals surface area contributed by atoms with Gasteiger partial charge in [-0.1, -0.05) is 20.8 Å². The summed E-state index contributed by atoms with van der Waals surface area (Å²) in [5.74, 6) is -0.399. The van der Waals surface area contributed by atoms with Crippen LogP contribution in [0.1, 0.15) is 27.2 Å². The van der Waals surface area contributed by atoms with Gasteiger partial charge in [0.2, 0.25) is 5.91 Å². The van der Waals surface area contributed by atoms with Gasteiger partial charge in [-0.15, -0.1) is 0 Å². The maximum Gasteiger partial charge on any atom is 0.414 e. The standard InChI is InChI=1S/C9H15NO3/c1-9(2,3)6-4-5-10(7(6)11)8(12)13/h6H,4-5H2,1-3H3,(H,12,13). The Morgan fingerprint density at radius 2 is 2.08 bits per heavy atom. The van der Waals surface area contributed by atoms with Crippen LogP contribution in [0.2, 0.25) is 0 Å². The van der Waals surface area contributed by atoms with E-state index in [0.717, 1.165) is 4.90 Å². The highest BCUT2D eigenvalue weighted by molar-refractivity contribution is 5.94. The van der Waals surface area contributed by atoms with Crippen LogP contribution < -0.4 is 0 Å². The van der Waals surface area contributed by atoms with Gasteiger partial charge in [0.25, 0.3) is 0 Å². The molecule has 1 fully saturated rings. The number of nitrogens with zero attached hydrogens (tertiary/aromatic N) is 1. The zero-order valence-corrected chi connectivity index (χ0v) is 8.20. The molecule has 2 amide bonds. The van der Waals surface area contributed by atoms with Gasteiger partial charge in [-0.2, -0.15) is 0 Å². The molecule has 0 radical (unpaired) electrons. The molecule has 1 aliphatic rings. The number of hydrogen-bond donors (Lipinski definition) is 1. The number of carboxylic acid groups (broad SMARTS) is 1. The molecular weight excluding hydrogens is 170 g/mol. The third-order valence-electron chi connectivity index (χ3n) is 2.48. The molecule has 1 aliphatic heterocycles. The lowest BCUT2D eigenvalue weighted by molar-refractivity contribution is -0.131. The van der Waals surface area contributed by atoms with Crippen LogP contribution in [-0.4, -0.2) is 28.6 Å². The van der Waals surface area contributed by atoms with Gasteiger partial charge >= 0.3 is 6.09 Å². The topological polar surface area (TPSA) is 57.6 Å². The minimum absolute atomic E-state index is 0.138. The van der Waals surface area contributed by atoms with E-state index in [1.165, 1.54) is 0 Å². The summed E-state index contributed by atoms with van der Waals surface area (Å²) in [6, 6.07) is 0. The molecule has 13 heavy (non-hydrogen) atoms. The van der Waals surface area contributed by atoms with E-state index in [2.05, 4.69) is 0 Å². The Morgan fingerprint density at radius 3 is 2.31 bits per heavy atom. The van der Waals surface area contributed by atoms with Crippen molar-refractivity contribution in [3.63, 3.8) is 0 Å². The first-order chi connectivity index (χ1) is 5.84. The van der Waals surface area contributed by atoms with Crippen LogP contribution in [0.4, 0.5) is 4.79 Å². The largest absolute Gasteiger partial charge is 0.465 e. The molecule has 0 aromatic rings. The van der Waals surface area contributed by atoms with E-state index >= 15 is 0 Å². The van der Waals surface area contributed by atoms with Crippen molar-refractivity contribution in [2.24, 2.45) is 11.3 Å². The monoisotopic (exact) mass is 185 g/mol. The summed E-state index contributed by atoms with van der Waals surface area (Å²) in [7, 11) is 0. The number of rotatable bonds is 0. The minimum atomic E-state index is -1.13. The van der Waals surface area contributed by atoms with E-state index in [1.54, 1.807) is 0 Å². The maximum absolute atomic E-state index is 11.5. The van der Waals surface area contributed by atoms with E-state index in [-0.39, 0.29) is 17.2 Å². The lowest BCUT2D eigenvalue weighted by Gasteiger charge is -2.24. The van der Waals surface area contributed by atoms with Crippen molar-refractivity contribution in [1.29, 1.82) is 0 Å². The average Bonchev–Trinajstić information content (AvgIpc) is 2.28. The summed E-state index contributed by atoms with van der Waals surface area (Å²) in [4.78, 5) is 23.0. The van der Waals surface area contributed by atoms with E-state index in [9.17, 15) is 9.59 Å². The van der Waals surface area contributed by atoms with Gasteiger partial charge in [-0.25, -0.2) is 9.69 Å². The van der Waals surface area contributed by atoms with Crippen LogP contribution in [0, 0.1) is 11.3 Å². The number of imide groups is 1. The number of likely N-dealkylation sites (tertiary alicyclic amines) is 1. The molecule has 0 aromatic carbocycles. The van der Waals surface area contributed by atoms with Crippen molar-refractivity contribution in [3.05, 3.63) is 0 Å². The zero-order valence-electron chi connectivity index (χ0n) is 8.20. The molecule has 1 saturated heterocycles. The first-order valence-corrected chi connectivity index (χ1v) is 4.38. The van der Waals surface area contributed by atoms with E-state index < -0.39 is 6.09 Å². The van der Waals surface area contributed by atoms with Crippen LogP contribution in [0.25, 0.3) is 0 Å². The summed E-state index contributed by atoms with van der Waals surface area (Å²) in [5, 5.41) is 8.67. The fourth-order valence-corrected chi connectivity index (χ4v) is 1.67. The Morgan fingerprint density at radius 1 is 1.54 bits per heavy atom. The van der Waals surface area contributed by atoms with Gasteiger partial charge in [0.1, 0.15) is 0 Å². The van der Waals surface area contributed by atoms with Gasteiger partial charge in [0.15, 0.2) is 0 Å². The second-order valence-electron chi connectivity index (χ2n) is 4.48. The van der Waals surface area contributed by atoms with Gasteiger partial charge in [-0.05, 0) is 11.8 Å². The molecule has 1 unspecified atom stereocenters. The Labute approximate surface area is 77.5 Å². The van der Waals surface area contributed by atoms with Crippen molar-refractivity contribution in [2.45, 2.75) is 27.2 Å². The highest BCUT2D eigenvalue weighted by Gasteiger charge is 2.41. The van der Waals surface area contributed by atoms with Crippen LogP contribution >= 0.6 is 0 Å². The molecule has 0 spiro atoms. The zero-order chi connectivity index (χ0) is 10.2. The smallest absolute Gasteiger partial charge is 0.414 e. The molecule has 0 bridgehead atoms. The first kappa shape index (κ1) is 10.0. The summed E-state index contributed by atoms with van der Waals surface area (Å²) in [6.45, 7) is 6.22. The Bertz CT molecular complexity index is 242. The Kier molecular flexibility index (Phi) is 2.32. The van der Waals surface area contributed by atoms with E-state index in [1.807, 2.05) is 20.8 Å². The van der Waals surface area contributed by atoms with Crippen molar-refractivity contribution in [3.8, 4) is 0 Å². The Hall–Kier alpha value is -1.06. The fourth-order valence-electron chi connectivity index (χ4n) is 1.67. The number of amides is 2. The highest BCUT2D eigenvalue weighted by Crippen LogP contribution is 2.34. The third-order valence-corrected chi connectivity index (χ3v) is 2.48. The third kappa shape index (κ3) is 1.82. The molecule has 0 saturated carbocycles. The van der Waals surface area contributed by atoms with Crippen LogP contribution in [-0.2, 0) is 4.79 Å². The number of carbonyl (C=O) groups is 2. The molecule has 1 N–H and O–H groups in total. The lowest BCUT2D eigenvalue weighted by Crippen LogP contribution is -2.35. The predicted molar refractivity (Wildman–Crippen MR) is 47.3 cm³/mol. The molecule has 0 aliphatic carbocycles. The maximum atomic E-state index is 11.5. The minimum Gasteiger partial charge on any atom is -0.465 e. The van der Waals surface area contributed by atoms with Crippen molar-refractivity contribution >= 4 is 12.0 Å². The average molecular weight is 185 g/mol. The van der Waals surface area contributed by atoms with Gasteiger partial charge in [-0.3, -0.25) is 4.79 Å². The Balaban J connectivity index is 2.77. The van der Waals surface area contributed by atoms with Crippen molar-refractivity contribution in [2.75, 3.05) is 6.54 Å². The lowest BCUT2D eigenvalue weighted by atomic mass is 9.80. The number of carbonyl (C=O) groups excluding carboxylic acids is 1. The summed E-state index contributed by atoms with van der Waals surface area (Å²) < 4.78 is 0. The second kappa shape index (κ2) is 3.01. The quantitative estimate of drug-likeness (QED) is 0.623. The van der Waals surface area contributed by atoms with Crippen LogP contribution in [0.15, 0.2) is 0 Å². The molecule has 4 nitrogen and oxygen atoms in total. The molecule has 4 heteroatoms. The van der Waals surface area contributed by atoms with Crippen LogP contribution in [0.5, 0.6) is 0 Å². The normalized spacial score (nSPS) is 23.8. The predicted octanol–water partition coefficient (Wildman–Crippen LogP) is 1.56. The van der Waals surface area contributed by atoms with Crippen molar-refractivity contribution < 1.29 is 14.7 Å². The molecule has 1 atom stereocenters. The highest BCUT2D eigenvalue weighted by atomic mass is 16.4. The van der Waals surface area contributed by atoms with Gasteiger partial charge in [0, 0.05) is 12.5 Å². The SMILES string of the molecule is CC(C)(C)C1CCN(C(=O)O)C1=O. The summed E-state index contributed by atoms with van der Waals surface area (Å²) in [6.07, 6.45) is -0.481. The van der Waals surface area contributed by atoms with Crippen molar-refractivity contribution in [1.82, 2.24) is 4.90 Å². The summed E-state index contributed by atoms with van der Waals surface area (Å²) in [5.41, 5.74) is -0.138. The summed E-state index contributed by atoms with van der Waals surface area (Å²) >= 11 is 0. The van der Waals surface area contributed by atoms with Gasteiger partial charge in [0.05, 0.1) is 0 Å². The molecule has 1 rings (SSSR count). The first-order valence-electron chi connectivity index (χ1n) is 4.38. The van der Waals surface area contributed by atoms with E-state index in [4.69, 9.17) is 5.11 Å². The van der Waals surface area contributed by atoms with Crippen LogP contribution in [0.3, 0.4) is 0 Å². The fraction of sp³-hybridized carbons (Fsp3) is 0.778. The molecule has 74 valence electrons.